The van der Waals surface area contributed by atoms with Crippen LogP contribution in [0.3, 0.4) is 0 Å². The highest BCUT2D eigenvalue weighted by Crippen LogP contribution is 2.06. The smallest absolute Gasteiger partial charge is 0.279 e. The molecule has 0 aliphatic rings. The summed E-state index contributed by atoms with van der Waals surface area (Å²) in [6.07, 6.45) is 0. The van der Waals surface area contributed by atoms with Crippen molar-refractivity contribution in [3.8, 4) is 0 Å². The molecule has 0 bridgehead atoms. The van der Waals surface area contributed by atoms with Crippen LogP contribution in [0.5, 0.6) is 0 Å². The molecule has 1 amide bonds. The standard InChI is InChI=1S/C8H3B3N4O2/c9-2-1-3(10)13-6-4(2)5(7(12)16)14-15(11)8(6)17/h1H,(H2,12,16). The van der Waals surface area contributed by atoms with Crippen molar-refractivity contribution in [3.05, 3.63) is 22.1 Å². The highest BCUT2D eigenvalue weighted by Gasteiger charge is 2.15. The highest BCUT2D eigenvalue weighted by atomic mass is 16.1. The number of primary amides is 1. The van der Waals surface area contributed by atoms with Gasteiger partial charge >= 0.3 is 0 Å². The third-order valence-corrected chi connectivity index (χ3v) is 2.16. The van der Waals surface area contributed by atoms with E-state index in [0.717, 1.165) is 0 Å². The van der Waals surface area contributed by atoms with E-state index in [1.165, 1.54) is 6.07 Å². The lowest BCUT2D eigenvalue weighted by Crippen LogP contribution is -2.32. The first-order chi connectivity index (χ1) is 7.91. The number of hydrogen-bond donors (Lipinski definition) is 1. The molecule has 6 radical (unpaired) electrons. The maximum absolute atomic E-state index is 11.7. The zero-order valence-corrected chi connectivity index (χ0v) is 8.54. The first-order valence-corrected chi connectivity index (χ1v) is 4.45. The summed E-state index contributed by atoms with van der Waals surface area (Å²) < 4.78 is 0.467. The normalized spacial score (nSPS) is 10.6. The summed E-state index contributed by atoms with van der Waals surface area (Å²) in [7, 11) is 16.4. The van der Waals surface area contributed by atoms with Gasteiger partial charge in [-0.15, -0.1) is 0 Å². The van der Waals surface area contributed by atoms with E-state index in [1.807, 2.05) is 0 Å². The third kappa shape index (κ3) is 1.73. The molecule has 76 valence electrons. The molecular weight excluding hydrogens is 217 g/mol. The Hall–Kier alpha value is -2.05. The lowest BCUT2D eigenvalue weighted by atomic mass is 9.87. The molecule has 6 nitrogen and oxygen atoms in total. The van der Waals surface area contributed by atoms with Crippen LogP contribution < -0.4 is 22.3 Å². The van der Waals surface area contributed by atoms with Crippen LogP contribution in [0.25, 0.3) is 10.9 Å². The van der Waals surface area contributed by atoms with Crippen molar-refractivity contribution < 1.29 is 4.79 Å². The van der Waals surface area contributed by atoms with Crippen LogP contribution >= 0.6 is 0 Å². The van der Waals surface area contributed by atoms with Crippen molar-refractivity contribution in [2.75, 3.05) is 0 Å². The fourth-order valence-corrected chi connectivity index (χ4v) is 1.47. The number of hydrogen-bond acceptors (Lipinski definition) is 4. The Morgan fingerprint density at radius 3 is 2.65 bits per heavy atom. The minimum absolute atomic E-state index is 0.0359. The molecule has 0 saturated heterocycles. The minimum atomic E-state index is -0.868. The zero-order chi connectivity index (χ0) is 12.7. The molecule has 0 aliphatic heterocycles. The average Bonchev–Trinajstić information content (AvgIpc) is 2.23. The Balaban J connectivity index is 3.10. The number of fused-ring (bicyclic) bond motifs is 1. The number of rotatable bonds is 1. The molecular formula is C8H3B3N4O2. The van der Waals surface area contributed by atoms with Crippen LogP contribution in [0.4, 0.5) is 0 Å². The number of pyridine rings is 1. The molecule has 2 N–H and O–H groups in total. The van der Waals surface area contributed by atoms with E-state index in [0.29, 0.717) is 4.59 Å². The number of nitrogens with two attached hydrogens (primary N) is 1. The van der Waals surface area contributed by atoms with Crippen LogP contribution in [0.2, 0.25) is 0 Å². The van der Waals surface area contributed by atoms with E-state index in [-0.39, 0.29) is 27.7 Å². The zero-order valence-electron chi connectivity index (χ0n) is 8.54. The lowest BCUT2D eigenvalue weighted by molar-refractivity contribution is 0.0996. The van der Waals surface area contributed by atoms with Gasteiger partial charge in [-0.05, 0) is 5.59 Å². The van der Waals surface area contributed by atoms with Gasteiger partial charge in [-0.1, -0.05) is 11.5 Å². The first kappa shape index (κ1) is 11.4. The van der Waals surface area contributed by atoms with Gasteiger partial charge in [0.15, 0.2) is 5.69 Å². The van der Waals surface area contributed by atoms with Crippen molar-refractivity contribution in [2.24, 2.45) is 5.73 Å². The van der Waals surface area contributed by atoms with Gasteiger partial charge in [0.05, 0.1) is 0 Å². The third-order valence-electron chi connectivity index (χ3n) is 2.16. The Morgan fingerprint density at radius 2 is 2.06 bits per heavy atom. The summed E-state index contributed by atoms with van der Waals surface area (Å²) >= 11 is 0. The molecule has 2 aromatic heterocycles. The molecule has 17 heavy (non-hydrogen) atoms. The monoisotopic (exact) mass is 220 g/mol. The number of carbonyl (C=O) groups excluding carboxylic acids is 1. The molecule has 2 aromatic rings. The topological polar surface area (TPSA) is 90.9 Å². The van der Waals surface area contributed by atoms with Crippen LogP contribution in [0.1, 0.15) is 10.5 Å². The first-order valence-electron chi connectivity index (χ1n) is 4.45. The summed E-state index contributed by atoms with van der Waals surface area (Å²) in [5.41, 5.74) is 4.15. The predicted molar refractivity (Wildman–Crippen MR) is 64.2 cm³/mol. The van der Waals surface area contributed by atoms with Crippen molar-refractivity contribution in [2.45, 2.75) is 0 Å². The molecule has 0 atom stereocenters. The Bertz CT molecular complexity index is 697. The van der Waals surface area contributed by atoms with Gasteiger partial charge in [-0.3, -0.25) is 19.2 Å². The van der Waals surface area contributed by atoms with Crippen LogP contribution in [0, 0.1) is 0 Å². The fraction of sp³-hybridized carbons (Fsp3) is 0. The van der Waals surface area contributed by atoms with Gasteiger partial charge in [0, 0.05) is 5.39 Å². The van der Waals surface area contributed by atoms with Crippen LogP contribution in [-0.2, 0) is 0 Å². The molecule has 0 saturated carbocycles. The van der Waals surface area contributed by atoms with Gasteiger partial charge in [0.2, 0.25) is 0 Å². The van der Waals surface area contributed by atoms with E-state index in [4.69, 9.17) is 29.4 Å². The van der Waals surface area contributed by atoms with Gasteiger partial charge < -0.3 is 5.73 Å². The van der Waals surface area contributed by atoms with Crippen LogP contribution in [-0.4, -0.2) is 44.3 Å². The van der Waals surface area contributed by atoms with E-state index in [9.17, 15) is 9.59 Å². The highest BCUT2D eigenvalue weighted by molar-refractivity contribution is 6.42. The number of amides is 1. The van der Waals surface area contributed by atoms with E-state index in [2.05, 4.69) is 10.1 Å². The van der Waals surface area contributed by atoms with Gasteiger partial charge in [0.25, 0.3) is 19.4 Å². The molecule has 9 heteroatoms. The Labute approximate surface area is 99.5 Å². The summed E-state index contributed by atoms with van der Waals surface area (Å²) in [6.45, 7) is 0. The second kappa shape index (κ2) is 3.76. The van der Waals surface area contributed by atoms with Crippen molar-refractivity contribution >= 4 is 51.5 Å². The fourth-order valence-electron chi connectivity index (χ4n) is 1.47. The predicted octanol–water partition coefficient (Wildman–Crippen LogP) is -3.59. The average molecular weight is 220 g/mol. The lowest BCUT2D eigenvalue weighted by Gasteiger charge is -2.09. The van der Waals surface area contributed by atoms with E-state index in [1.54, 1.807) is 0 Å². The van der Waals surface area contributed by atoms with Gasteiger partial charge in [-0.25, -0.2) is 0 Å². The maximum Gasteiger partial charge on any atom is 0.279 e. The SMILES string of the molecule is [B]c1cc([B])c2c(C(N)=O)nn([B])c(=O)c2n1. The second-order valence-electron chi connectivity index (χ2n) is 3.32. The summed E-state index contributed by atoms with van der Waals surface area (Å²) in [6, 6.07) is 1.30. The van der Waals surface area contributed by atoms with Crippen molar-refractivity contribution in [1.82, 2.24) is 14.7 Å². The quantitative estimate of drug-likeness (QED) is 0.502. The van der Waals surface area contributed by atoms with Gasteiger partial charge in [-0.2, -0.15) is 5.10 Å². The summed E-state index contributed by atoms with van der Waals surface area (Å²) in [5.74, 6) is -0.868. The number of nitrogens with zero attached hydrogens (tertiary/aromatic N) is 3. The summed E-state index contributed by atoms with van der Waals surface area (Å²) in [4.78, 5) is 26.6. The maximum atomic E-state index is 11.7. The summed E-state index contributed by atoms with van der Waals surface area (Å²) in [5, 5.41) is 3.59. The molecule has 0 spiro atoms. The Kier molecular flexibility index (Phi) is 2.53. The molecule has 2 heterocycles. The largest absolute Gasteiger partial charge is 0.364 e. The van der Waals surface area contributed by atoms with Crippen LogP contribution in [0.15, 0.2) is 10.9 Å². The van der Waals surface area contributed by atoms with Gasteiger partial charge in [0.1, 0.15) is 21.2 Å². The minimum Gasteiger partial charge on any atom is -0.364 e. The van der Waals surface area contributed by atoms with E-state index < -0.39 is 11.5 Å². The molecule has 0 unspecified atom stereocenters. The molecule has 0 aliphatic carbocycles. The van der Waals surface area contributed by atoms with Crippen molar-refractivity contribution in [3.63, 3.8) is 0 Å². The molecule has 0 fully saturated rings. The number of carbonyl (C=O) groups is 1. The molecule has 2 rings (SSSR count). The van der Waals surface area contributed by atoms with E-state index >= 15 is 0 Å². The molecule has 0 aromatic carbocycles. The second-order valence-corrected chi connectivity index (χ2v) is 3.32. The number of aromatic nitrogens is 3. The Morgan fingerprint density at radius 1 is 1.41 bits per heavy atom. The van der Waals surface area contributed by atoms with Crippen molar-refractivity contribution in [1.29, 1.82) is 0 Å².